The molecule has 0 aliphatic heterocycles. The second-order valence-corrected chi connectivity index (χ2v) is 8.42. The average Bonchev–Trinajstić information content (AvgIpc) is 3.00. The molecule has 1 aliphatic carbocycles. The van der Waals surface area contributed by atoms with Gasteiger partial charge in [-0.25, -0.2) is 0 Å². The van der Waals surface area contributed by atoms with Crippen LogP contribution >= 0.6 is 0 Å². The number of nitriles is 1. The molecule has 3 aromatic rings. The van der Waals surface area contributed by atoms with Crippen LogP contribution in [-0.4, -0.2) is 0 Å². The van der Waals surface area contributed by atoms with E-state index in [1.165, 1.54) is 16.7 Å². The van der Waals surface area contributed by atoms with Crippen LogP contribution in [0.5, 0.6) is 0 Å². The summed E-state index contributed by atoms with van der Waals surface area (Å²) in [5.41, 5.74) is 7.66. The van der Waals surface area contributed by atoms with Gasteiger partial charge in [-0.1, -0.05) is 99.8 Å². The van der Waals surface area contributed by atoms with Gasteiger partial charge in [-0.15, -0.1) is 0 Å². The van der Waals surface area contributed by atoms with Gasteiger partial charge in [-0.3, -0.25) is 0 Å². The Balaban J connectivity index is 1.84. The molecule has 148 valence electrons. The molecular weight excluding hydrogens is 362 g/mol. The summed E-state index contributed by atoms with van der Waals surface area (Å²) >= 11 is 0. The molecule has 0 saturated carbocycles. The summed E-state index contributed by atoms with van der Waals surface area (Å²) in [6, 6.07) is 27.8. The molecule has 1 aliphatic rings. The van der Waals surface area contributed by atoms with Crippen LogP contribution in [0, 0.1) is 11.3 Å². The minimum absolute atomic E-state index is 0.430. The molecule has 0 radical (unpaired) electrons. The van der Waals surface area contributed by atoms with Gasteiger partial charge in [0.25, 0.3) is 0 Å². The third-order valence-corrected chi connectivity index (χ3v) is 6.38. The topological polar surface area (TPSA) is 23.8 Å². The first kappa shape index (κ1) is 19.9. The second kappa shape index (κ2) is 7.81. The zero-order valence-electron chi connectivity index (χ0n) is 17.8. The van der Waals surface area contributed by atoms with Gasteiger partial charge in [-0.2, -0.15) is 5.26 Å². The fourth-order valence-corrected chi connectivity index (χ4v) is 4.58. The van der Waals surface area contributed by atoms with E-state index in [9.17, 15) is 5.26 Å². The summed E-state index contributed by atoms with van der Waals surface area (Å²) in [5.74, 6) is 0.430. The average molecular weight is 390 g/mol. The Bertz CT molecular complexity index is 1120. The number of hydrogen-bond acceptors (Lipinski definition) is 1. The van der Waals surface area contributed by atoms with Crippen LogP contribution in [0.4, 0.5) is 0 Å². The minimum atomic E-state index is -0.911. The van der Waals surface area contributed by atoms with E-state index in [4.69, 9.17) is 0 Å². The van der Waals surface area contributed by atoms with Crippen molar-refractivity contribution in [2.75, 3.05) is 0 Å². The molecule has 1 nitrogen and oxygen atoms in total. The molecule has 0 amide bonds. The molecule has 0 aromatic heterocycles. The lowest BCUT2D eigenvalue weighted by Crippen LogP contribution is -2.24. The lowest BCUT2D eigenvalue weighted by molar-refractivity contribution is 0.836. The van der Waals surface area contributed by atoms with Crippen molar-refractivity contribution in [3.8, 4) is 6.07 Å². The van der Waals surface area contributed by atoms with Gasteiger partial charge in [0.2, 0.25) is 0 Å². The molecule has 4 rings (SSSR count). The van der Waals surface area contributed by atoms with Crippen molar-refractivity contribution in [1.29, 1.82) is 5.26 Å². The molecule has 0 N–H and O–H groups in total. The molecule has 3 aromatic carbocycles. The molecule has 0 unspecified atom stereocenters. The fourth-order valence-electron chi connectivity index (χ4n) is 4.58. The summed E-state index contributed by atoms with van der Waals surface area (Å²) in [5, 5.41) is 10.5. The van der Waals surface area contributed by atoms with E-state index in [0.717, 1.165) is 40.7 Å². The Kier molecular flexibility index (Phi) is 5.18. The molecule has 0 saturated heterocycles. The summed E-state index contributed by atoms with van der Waals surface area (Å²) in [6.45, 7) is 13.2. The Morgan fingerprint density at radius 1 is 0.833 bits per heavy atom. The lowest BCUT2D eigenvalue weighted by Gasteiger charge is -2.28. The van der Waals surface area contributed by atoms with Crippen molar-refractivity contribution in [2.24, 2.45) is 0 Å². The van der Waals surface area contributed by atoms with E-state index in [-0.39, 0.29) is 0 Å². The molecule has 0 heterocycles. The number of hydrogen-bond donors (Lipinski definition) is 0. The first-order chi connectivity index (χ1) is 14.5. The van der Waals surface area contributed by atoms with Crippen LogP contribution in [0.15, 0.2) is 86.0 Å². The SMILES string of the molecule is C=C1c2ccccc2C(=C)C1(C#N)c1ccc(C(C)C)cc1CCc1ccccc1. The zero-order chi connectivity index (χ0) is 21.3. The van der Waals surface area contributed by atoms with E-state index in [2.05, 4.69) is 75.5 Å². The predicted molar refractivity (Wildman–Crippen MR) is 126 cm³/mol. The molecule has 0 spiro atoms. The fraction of sp³-hybridized carbons (Fsp3) is 0.207. The maximum absolute atomic E-state index is 10.5. The minimum Gasteiger partial charge on any atom is -0.197 e. The smallest absolute Gasteiger partial charge is 0.132 e. The summed E-state index contributed by atoms with van der Waals surface area (Å²) in [6.07, 6.45) is 1.81. The summed E-state index contributed by atoms with van der Waals surface area (Å²) in [4.78, 5) is 0. The highest BCUT2D eigenvalue weighted by Gasteiger charge is 2.47. The van der Waals surface area contributed by atoms with Crippen LogP contribution < -0.4 is 0 Å². The van der Waals surface area contributed by atoms with E-state index < -0.39 is 5.41 Å². The standard InChI is InChI=1S/C29H27N/c1-20(2)24-16-17-28(25(18-24)15-14-23-10-6-5-7-11-23)29(19-30)21(3)26-12-8-9-13-27(26)22(29)4/h5-13,16-18,20H,3-4,14-15H2,1-2H3. The third kappa shape index (κ3) is 3.10. The van der Waals surface area contributed by atoms with Gasteiger partial charge in [0, 0.05) is 0 Å². The van der Waals surface area contributed by atoms with Gasteiger partial charge in [0.1, 0.15) is 5.41 Å². The van der Waals surface area contributed by atoms with Gasteiger partial charge in [0.15, 0.2) is 0 Å². The third-order valence-electron chi connectivity index (χ3n) is 6.38. The first-order valence-electron chi connectivity index (χ1n) is 10.6. The van der Waals surface area contributed by atoms with Crippen molar-refractivity contribution in [2.45, 2.75) is 38.0 Å². The molecular formula is C29H27N. The van der Waals surface area contributed by atoms with Gasteiger partial charge in [-0.05, 0) is 63.3 Å². The Morgan fingerprint density at radius 3 is 2.00 bits per heavy atom. The van der Waals surface area contributed by atoms with E-state index in [1.807, 2.05) is 30.3 Å². The highest BCUT2D eigenvalue weighted by atomic mass is 14.5. The second-order valence-electron chi connectivity index (χ2n) is 8.42. The maximum atomic E-state index is 10.5. The van der Waals surface area contributed by atoms with Crippen molar-refractivity contribution in [3.63, 3.8) is 0 Å². The summed E-state index contributed by atoms with van der Waals surface area (Å²) < 4.78 is 0. The van der Waals surface area contributed by atoms with Crippen molar-refractivity contribution in [3.05, 3.63) is 119 Å². The number of aryl methyl sites for hydroxylation is 2. The molecule has 30 heavy (non-hydrogen) atoms. The van der Waals surface area contributed by atoms with Crippen LogP contribution in [0.3, 0.4) is 0 Å². The Morgan fingerprint density at radius 2 is 1.43 bits per heavy atom. The maximum Gasteiger partial charge on any atom is 0.132 e. The van der Waals surface area contributed by atoms with Crippen LogP contribution in [0.25, 0.3) is 11.1 Å². The monoisotopic (exact) mass is 389 g/mol. The first-order valence-corrected chi connectivity index (χ1v) is 10.6. The predicted octanol–water partition coefficient (Wildman–Crippen LogP) is 7.10. The number of nitrogens with zero attached hydrogens (tertiary/aromatic N) is 1. The molecule has 1 heteroatoms. The number of allylic oxidation sites excluding steroid dienone is 2. The van der Waals surface area contributed by atoms with Crippen LogP contribution in [0.1, 0.15) is 53.1 Å². The van der Waals surface area contributed by atoms with Crippen molar-refractivity contribution < 1.29 is 0 Å². The highest BCUT2D eigenvalue weighted by molar-refractivity contribution is 6.04. The van der Waals surface area contributed by atoms with Crippen molar-refractivity contribution >= 4 is 11.1 Å². The molecule has 0 atom stereocenters. The van der Waals surface area contributed by atoms with Gasteiger partial charge in [0.05, 0.1) is 6.07 Å². The summed E-state index contributed by atoms with van der Waals surface area (Å²) in [7, 11) is 0. The number of fused-ring (bicyclic) bond motifs is 1. The number of benzene rings is 3. The van der Waals surface area contributed by atoms with E-state index in [0.29, 0.717) is 5.92 Å². The lowest BCUT2D eigenvalue weighted by atomic mass is 9.71. The van der Waals surface area contributed by atoms with Gasteiger partial charge >= 0.3 is 0 Å². The quantitative estimate of drug-likeness (QED) is 0.457. The van der Waals surface area contributed by atoms with Gasteiger partial charge < -0.3 is 0 Å². The highest BCUT2D eigenvalue weighted by Crippen LogP contribution is 2.55. The Labute approximate surface area is 180 Å². The van der Waals surface area contributed by atoms with Crippen LogP contribution in [0.2, 0.25) is 0 Å². The normalized spacial score (nSPS) is 14.6. The van der Waals surface area contributed by atoms with E-state index >= 15 is 0 Å². The van der Waals surface area contributed by atoms with Crippen LogP contribution in [-0.2, 0) is 18.3 Å². The largest absolute Gasteiger partial charge is 0.197 e. The number of rotatable bonds is 5. The molecule has 0 bridgehead atoms. The van der Waals surface area contributed by atoms with Crippen molar-refractivity contribution in [1.82, 2.24) is 0 Å². The van der Waals surface area contributed by atoms with E-state index in [1.54, 1.807) is 0 Å². The molecule has 0 fully saturated rings. The Hall–Kier alpha value is -3.37. The zero-order valence-corrected chi connectivity index (χ0v) is 17.8.